The Hall–Kier alpha value is -7.03. The monoisotopic (exact) mass is 806 g/mol. The van der Waals surface area contributed by atoms with Crippen LogP contribution in [-0.2, 0) is 10.1 Å². The van der Waals surface area contributed by atoms with Crippen molar-refractivity contribution in [3.05, 3.63) is 131 Å². The number of rotatable bonds is 12. The molecule has 14 heteroatoms. The number of anilines is 3. The van der Waals surface area contributed by atoms with Crippen molar-refractivity contribution < 1.29 is 22.8 Å². The number of aromatic hydroxyl groups is 1. The summed E-state index contributed by atoms with van der Waals surface area (Å²) in [6.07, 6.45) is 0.943. The maximum Gasteiger partial charge on any atom is 0.296 e. The maximum absolute atomic E-state index is 11.7. The van der Waals surface area contributed by atoms with E-state index in [0.29, 0.717) is 40.1 Å². The van der Waals surface area contributed by atoms with Crippen LogP contribution in [0.5, 0.6) is 11.5 Å². The van der Waals surface area contributed by atoms with Crippen molar-refractivity contribution in [2.45, 2.75) is 45.9 Å². The van der Waals surface area contributed by atoms with E-state index >= 15 is 0 Å². The summed E-state index contributed by atoms with van der Waals surface area (Å²) in [5.41, 5.74) is 14.0. The van der Waals surface area contributed by atoms with Crippen molar-refractivity contribution in [2.24, 2.45) is 30.7 Å². The van der Waals surface area contributed by atoms with Crippen LogP contribution in [0, 0.1) is 27.7 Å². The number of fused-ring (bicyclic) bond motifs is 2. The van der Waals surface area contributed by atoms with E-state index in [1.807, 2.05) is 88.4 Å². The first-order valence-corrected chi connectivity index (χ1v) is 20.2. The van der Waals surface area contributed by atoms with Gasteiger partial charge in [0, 0.05) is 22.1 Å². The van der Waals surface area contributed by atoms with Crippen LogP contribution in [0.4, 0.5) is 51.2 Å². The van der Waals surface area contributed by atoms with Gasteiger partial charge in [0.15, 0.2) is 5.75 Å². The lowest BCUT2D eigenvalue weighted by atomic mass is 10.1. The number of phenolic OH excluding ortho intramolecular Hbond substituents is 1. The van der Waals surface area contributed by atoms with Crippen molar-refractivity contribution in [3.63, 3.8) is 0 Å². The molecule has 0 heterocycles. The predicted octanol–water partition coefficient (Wildman–Crippen LogP) is 13.5. The average Bonchev–Trinajstić information content (AvgIpc) is 3.20. The molecular formula is C45H42N8O5S. The number of aryl methyl sites for hydroxylation is 4. The van der Waals surface area contributed by atoms with Gasteiger partial charge in [-0.2, -0.15) is 34.0 Å². The van der Waals surface area contributed by atoms with Crippen molar-refractivity contribution in [3.8, 4) is 11.5 Å². The van der Waals surface area contributed by atoms with E-state index in [0.717, 1.165) is 62.3 Å². The second-order valence-corrected chi connectivity index (χ2v) is 15.6. The molecule has 298 valence electrons. The molecule has 7 aromatic carbocycles. The van der Waals surface area contributed by atoms with Gasteiger partial charge >= 0.3 is 0 Å². The van der Waals surface area contributed by atoms with Crippen LogP contribution in [0.15, 0.2) is 145 Å². The molecule has 0 bridgehead atoms. The van der Waals surface area contributed by atoms with Crippen molar-refractivity contribution in [2.75, 3.05) is 17.7 Å². The highest BCUT2D eigenvalue weighted by Gasteiger charge is 2.15. The van der Waals surface area contributed by atoms with Gasteiger partial charge in [0.2, 0.25) is 0 Å². The second-order valence-electron chi connectivity index (χ2n) is 14.2. The van der Waals surface area contributed by atoms with Gasteiger partial charge in [-0.1, -0.05) is 25.1 Å². The van der Waals surface area contributed by atoms with Gasteiger partial charge < -0.3 is 20.9 Å². The molecule has 0 aromatic heterocycles. The number of benzene rings is 7. The molecule has 0 aliphatic heterocycles. The van der Waals surface area contributed by atoms with E-state index < -0.39 is 15.0 Å². The minimum Gasteiger partial charge on any atom is -0.505 e. The number of hydrogen-bond acceptors (Lipinski definition) is 12. The number of ether oxygens (including phenoxy) is 1. The van der Waals surface area contributed by atoms with Gasteiger partial charge in [0.25, 0.3) is 10.1 Å². The molecule has 0 aliphatic carbocycles. The molecule has 0 atom stereocenters. The third kappa shape index (κ3) is 9.09. The lowest BCUT2D eigenvalue weighted by Gasteiger charge is -2.11. The fourth-order valence-corrected chi connectivity index (χ4v) is 7.08. The lowest BCUT2D eigenvalue weighted by molar-refractivity contribution is 0.321. The Kier molecular flexibility index (Phi) is 11.5. The molecule has 59 heavy (non-hydrogen) atoms. The smallest absolute Gasteiger partial charge is 0.296 e. The van der Waals surface area contributed by atoms with Crippen LogP contribution in [0.2, 0.25) is 0 Å². The molecule has 5 N–H and O–H groups in total. The average molecular weight is 807 g/mol. The molecule has 0 amide bonds. The number of nitrogens with two attached hydrogens (primary N) is 1. The predicted molar refractivity (Wildman–Crippen MR) is 234 cm³/mol. The minimum absolute atomic E-state index is 0.0441. The van der Waals surface area contributed by atoms with E-state index in [4.69, 9.17) is 10.5 Å². The zero-order valence-corrected chi connectivity index (χ0v) is 33.9. The van der Waals surface area contributed by atoms with Crippen LogP contribution in [0.3, 0.4) is 0 Å². The SMILES string of the molecule is CCCOc1cccc2cc(N=Nc3cc(C)c(N=Nc4cc(C)c(N=Nc5ccc6cc(Nc7ccc(N)c(S(=O)(=O)O)c7)ccc6c5O)cc4C)cc3C)ccc12. The first-order valence-electron chi connectivity index (χ1n) is 18.8. The highest BCUT2D eigenvalue weighted by molar-refractivity contribution is 7.86. The van der Waals surface area contributed by atoms with Gasteiger partial charge in [-0.15, -0.1) is 5.11 Å². The van der Waals surface area contributed by atoms with Crippen molar-refractivity contribution in [1.82, 2.24) is 0 Å². The van der Waals surface area contributed by atoms with Crippen LogP contribution < -0.4 is 15.8 Å². The molecule has 0 radical (unpaired) electrons. The van der Waals surface area contributed by atoms with Crippen LogP contribution >= 0.6 is 0 Å². The normalized spacial score (nSPS) is 12.1. The number of nitrogen functional groups attached to an aromatic ring is 1. The van der Waals surface area contributed by atoms with E-state index in [1.165, 1.54) is 12.1 Å². The molecular weight excluding hydrogens is 765 g/mol. The number of hydrogen-bond donors (Lipinski definition) is 4. The summed E-state index contributed by atoms with van der Waals surface area (Å²) >= 11 is 0. The van der Waals surface area contributed by atoms with Crippen LogP contribution in [0.25, 0.3) is 21.5 Å². The Morgan fingerprint density at radius 2 is 1.15 bits per heavy atom. The Labute approximate surface area is 341 Å². The van der Waals surface area contributed by atoms with E-state index in [9.17, 15) is 18.1 Å². The molecule has 0 fully saturated rings. The van der Waals surface area contributed by atoms with Crippen molar-refractivity contribution >= 4 is 82.8 Å². The van der Waals surface area contributed by atoms with E-state index in [1.54, 1.807) is 36.4 Å². The van der Waals surface area contributed by atoms with E-state index in [-0.39, 0.29) is 17.1 Å². The number of phenols is 1. The van der Waals surface area contributed by atoms with Gasteiger partial charge in [0.05, 0.1) is 40.7 Å². The number of nitrogens with one attached hydrogen (secondary N) is 1. The first kappa shape index (κ1) is 40.2. The second kappa shape index (κ2) is 16.8. The first-order chi connectivity index (χ1) is 28.3. The maximum atomic E-state index is 11.7. The Balaban J connectivity index is 1.04. The van der Waals surface area contributed by atoms with Gasteiger partial charge in [-0.3, -0.25) is 4.55 Å². The Bertz CT molecular complexity index is 2970. The summed E-state index contributed by atoms with van der Waals surface area (Å²) in [4.78, 5) is -0.391. The summed E-state index contributed by atoms with van der Waals surface area (Å²) in [6, 6.07) is 32.6. The highest BCUT2D eigenvalue weighted by atomic mass is 32.2. The quantitative estimate of drug-likeness (QED) is 0.0535. The molecule has 7 aromatic rings. The molecule has 13 nitrogen and oxygen atoms in total. The summed E-state index contributed by atoms with van der Waals surface area (Å²) in [5.74, 6) is 0.820. The summed E-state index contributed by atoms with van der Waals surface area (Å²) in [5, 5.41) is 44.6. The zero-order chi connectivity index (χ0) is 41.8. The molecule has 7 rings (SSSR count). The molecule has 0 saturated carbocycles. The van der Waals surface area contributed by atoms with E-state index in [2.05, 4.69) is 42.9 Å². The fraction of sp³-hybridized carbons (Fsp3) is 0.156. The van der Waals surface area contributed by atoms with Crippen LogP contribution in [0.1, 0.15) is 35.6 Å². The van der Waals surface area contributed by atoms with Crippen LogP contribution in [-0.4, -0.2) is 24.7 Å². The molecule has 0 unspecified atom stereocenters. The fourth-order valence-electron chi connectivity index (χ4n) is 6.43. The minimum atomic E-state index is -4.49. The molecule has 0 saturated heterocycles. The largest absolute Gasteiger partial charge is 0.505 e. The van der Waals surface area contributed by atoms with Gasteiger partial charge in [-0.05, 0) is 158 Å². The number of azo groups is 3. The standard InChI is InChI=1S/C45H42N8O5S/c1-6-18-58-43-9-7-8-30-24-34(12-14-35(30)43)48-50-39-19-27(3)41(20-26(39)2)52-53-42-22-28(4)40(21-29(42)5)51-49-38-17-10-31-23-32(11-15-36(31)45(38)54)47-33-13-16-37(46)44(25-33)59(55,56)57/h7-17,19-25,47,54H,6,18,46H2,1-5H3,(H,55,56,57). The summed E-state index contributed by atoms with van der Waals surface area (Å²) in [7, 11) is -4.49. The third-order valence-electron chi connectivity index (χ3n) is 9.67. The topological polar surface area (TPSA) is 196 Å². The third-order valence-corrected chi connectivity index (χ3v) is 10.6. The van der Waals surface area contributed by atoms with Gasteiger partial charge in [-0.25, -0.2) is 0 Å². The van der Waals surface area contributed by atoms with Crippen molar-refractivity contribution in [1.29, 1.82) is 0 Å². The highest BCUT2D eigenvalue weighted by Crippen LogP contribution is 2.39. The zero-order valence-electron chi connectivity index (χ0n) is 33.1. The van der Waals surface area contributed by atoms with Gasteiger partial charge in [0.1, 0.15) is 16.3 Å². The summed E-state index contributed by atoms with van der Waals surface area (Å²) in [6.45, 7) is 10.5. The Morgan fingerprint density at radius 1 is 0.610 bits per heavy atom. The summed E-state index contributed by atoms with van der Waals surface area (Å²) < 4.78 is 38.7. The number of nitrogens with zero attached hydrogens (tertiary/aromatic N) is 6. The molecule has 0 aliphatic rings. The lowest BCUT2D eigenvalue weighted by Crippen LogP contribution is -2.04. The molecule has 0 spiro atoms. The Morgan fingerprint density at radius 3 is 1.76 bits per heavy atom.